The molecule has 27 heavy (non-hydrogen) atoms. The zero-order valence-corrected chi connectivity index (χ0v) is 18.6. The fraction of sp³-hybridized carbons (Fsp3) is 0.920. The second-order valence-electron chi connectivity index (χ2n) is 8.45. The molecule has 0 aliphatic heterocycles. The van der Waals surface area contributed by atoms with E-state index in [1.165, 1.54) is 128 Å². The molecule has 0 fully saturated rings. The molecule has 0 heterocycles. The summed E-state index contributed by atoms with van der Waals surface area (Å²) in [5, 5.41) is 8.40. The van der Waals surface area contributed by atoms with Crippen LogP contribution in [0.5, 0.6) is 0 Å². The fourth-order valence-electron chi connectivity index (χ4n) is 3.80. The molecule has 0 saturated carbocycles. The highest BCUT2D eigenvalue weighted by Crippen LogP contribution is 2.15. The molecule has 0 bridgehead atoms. The number of rotatable bonds is 23. The van der Waals surface area contributed by atoms with Gasteiger partial charge >= 0.3 is 0 Å². The van der Waals surface area contributed by atoms with Crippen molar-refractivity contribution in [3.8, 4) is 0 Å². The summed E-state index contributed by atoms with van der Waals surface area (Å²) in [7, 11) is 0. The predicted molar refractivity (Wildman–Crippen MR) is 120 cm³/mol. The number of unbranched alkanes of at least 4 members (excludes halogenated alkanes) is 20. The van der Waals surface area contributed by atoms with Crippen LogP contribution in [0.1, 0.15) is 148 Å². The second kappa shape index (κ2) is 23.5. The zero-order valence-electron chi connectivity index (χ0n) is 18.6. The van der Waals surface area contributed by atoms with E-state index in [0.29, 0.717) is 5.76 Å². The SMILES string of the molecule is C=C(CCCCCCCCCCCCCCCCCCCCCCC)OO. The molecule has 0 aliphatic rings. The Labute approximate surface area is 171 Å². The van der Waals surface area contributed by atoms with Crippen LogP contribution in [0, 0.1) is 0 Å². The minimum atomic E-state index is 0.493. The summed E-state index contributed by atoms with van der Waals surface area (Å²) in [6.07, 6.45) is 30.3. The van der Waals surface area contributed by atoms with Crippen LogP contribution < -0.4 is 0 Å². The third-order valence-electron chi connectivity index (χ3n) is 5.69. The van der Waals surface area contributed by atoms with Gasteiger partial charge in [-0.25, -0.2) is 5.26 Å². The Morgan fingerprint density at radius 1 is 0.519 bits per heavy atom. The first kappa shape index (κ1) is 26.5. The van der Waals surface area contributed by atoms with Crippen LogP contribution in [0.4, 0.5) is 0 Å². The van der Waals surface area contributed by atoms with Crippen LogP contribution in [0.15, 0.2) is 12.3 Å². The van der Waals surface area contributed by atoms with Gasteiger partial charge in [-0.05, 0) is 6.42 Å². The quantitative estimate of drug-likeness (QED) is 0.0824. The van der Waals surface area contributed by atoms with Crippen molar-refractivity contribution in [3.63, 3.8) is 0 Å². The number of hydrogen-bond donors (Lipinski definition) is 1. The average Bonchev–Trinajstić information content (AvgIpc) is 2.68. The lowest BCUT2D eigenvalue weighted by molar-refractivity contribution is -0.205. The largest absolute Gasteiger partial charge is 0.345 e. The molecule has 0 radical (unpaired) electrons. The molecule has 0 spiro atoms. The maximum atomic E-state index is 8.40. The molecule has 0 aromatic carbocycles. The van der Waals surface area contributed by atoms with Gasteiger partial charge in [-0.1, -0.05) is 142 Å². The van der Waals surface area contributed by atoms with E-state index in [4.69, 9.17) is 5.26 Å². The van der Waals surface area contributed by atoms with Crippen molar-refractivity contribution in [3.05, 3.63) is 12.3 Å². The minimum absolute atomic E-state index is 0.493. The molecular weight excluding hydrogens is 332 g/mol. The van der Waals surface area contributed by atoms with Crippen molar-refractivity contribution < 1.29 is 10.1 Å². The molecule has 0 amide bonds. The zero-order chi connectivity index (χ0) is 19.8. The summed E-state index contributed by atoms with van der Waals surface area (Å²) >= 11 is 0. The van der Waals surface area contributed by atoms with E-state index in [1.807, 2.05) is 0 Å². The highest BCUT2D eigenvalue weighted by atomic mass is 17.1. The summed E-state index contributed by atoms with van der Waals surface area (Å²) in [5.74, 6) is 0.493. The number of allylic oxidation sites excluding steroid dienone is 1. The molecule has 0 aromatic rings. The highest BCUT2D eigenvalue weighted by molar-refractivity contribution is 4.79. The van der Waals surface area contributed by atoms with E-state index in [2.05, 4.69) is 18.4 Å². The third kappa shape index (κ3) is 23.5. The third-order valence-corrected chi connectivity index (χ3v) is 5.69. The molecule has 0 aliphatic carbocycles. The van der Waals surface area contributed by atoms with Gasteiger partial charge in [0.05, 0.1) is 0 Å². The molecule has 0 aromatic heterocycles. The van der Waals surface area contributed by atoms with Gasteiger partial charge < -0.3 is 4.89 Å². The maximum absolute atomic E-state index is 8.40. The Balaban J connectivity index is 3.00. The maximum Gasteiger partial charge on any atom is 0.135 e. The van der Waals surface area contributed by atoms with Crippen molar-refractivity contribution in [1.29, 1.82) is 0 Å². The fourth-order valence-corrected chi connectivity index (χ4v) is 3.80. The molecule has 162 valence electrons. The summed E-state index contributed by atoms with van der Waals surface area (Å²) in [4.78, 5) is 4.10. The molecule has 0 saturated heterocycles. The van der Waals surface area contributed by atoms with Crippen molar-refractivity contribution in [2.45, 2.75) is 148 Å². The molecule has 0 rings (SSSR count). The van der Waals surface area contributed by atoms with Gasteiger partial charge in [0.25, 0.3) is 0 Å². The van der Waals surface area contributed by atoms with Crippen LogP contribution in [-0.2, 0) is 4.89 Å². The first-order valence-corrected chi connectivity index (χ1v) is 12.3. The normalized spacial score (nSPS) is 11.0. The van der Waals surface area contributed by atoms with Crippen LogP contribution in [0.2, 0.25) is 0 Å². The monoisotopic (exact) mass is 382 g/mol. The Kier molecular flexibility index (Phi) is 23.1. The minimum Gasteiger partial charge on any atom is -0.345 e. The van der Waals surface area contributed by atoms with Crippen LogP contribution in [0.3, 0.4) is 0 Å². The second-order valence-corrected chi connectivity index (χ2v) is 8.45. The van der Waals surface area contributed by atoms with Gasteiger partial charge in [0.2, 0.25) is 0 Å². The van der Waals surface area contributed by atoms with Crippen molar-refractivity contribution in [2.24, 2.45) is 0 Å². The van der Waals surface area contributed by atoms with E-state index in [-0.39, 0.29) is 0 Å². The Hall–Kier alpha value is -0.500. The number of hydrogen-bond acceptors (Lipinski definition) is 2. The predicted octanol–water partition coefficient (Wildman–Crippen LogP) is 9.59. The van der Waals surface area contributed by atoms with Gasteiger partial charge in [-0.2, -0.15) is 0 Å². The summed E-state index contributed by atoms with van der Waals surface area (Å²) < 4.78 is 0. The molecule has 2 nitrogen and oxygen atoms in total. The molecule has 0 unspecified atom stereocenters. The first-order valence-electron chi connectivity index (χ1n) is 12.3. The van der Waals surface area contributed by atoms with Gasteiger partial charge in [0.1, 0.15) is 5.76 Å². The lowest BCUT2D eigenvalue weighted by Gasteiger charge is -2.04. The van der Waals surface area contributed by atoms with Crippen LogP contribution in [-0.4, -0.2) is 5.26 Å². The van der Waals surface area contributed by atoms with Crippen LogP contribution >= 0.6 is 0 Å². The van der Waals surface area contributed by atoms with Crippen molar-refractivity contribution >= 4 is 0 Å². The standard InChI is InChI=1S/C25H50O2/c1-3-4-5-6-7-8-9-10-11-12-13-14-15-16-17-18-19-20-21-22-23-24-25(2)27-26/h26H,2-24H2,1H3. The lowest BCUT2D eigenvalue weighted by atomic mass is 10.0. The van der Waals surface area contributed by atoms with E-state index >= 15 is 0 Å². The average molecular weight is 383 g/mol. The van der Waals surface area contributed by atoms with Crippen molar-refractivity contribution in [2.75, 3.05) is 0 Å². The summed E-state index contributed by atoms with van der Waals surface area (Å²) in [6, 6.07) is 0. The van der Waals surface area contributed by atoms with Gasteiger partial charge in [0, 0.05) is 6.42 Å². The molecular formula is C25H50O2. The first-order chi connectivity index (χ1) is 13.3. The van der Waals surface area contributed by atoms with Crippen molar-refractivity contribution in [1.82, 2.24) is 0 Å². The summed E-state index contributed by atoms with van der Waals surface area (Å²) in [5.41, 5.74) is 0. The smallest absolute Gasteiger partial charge is 0.135 e. The van der Waals surface area contributed by atoms with Crippen LogP contribution in [0.25, 0.3) is 0 Å². The summed E-state index contributed by atoms with van der Waals surface area (Å²) in [6.45, 7) is 5.91. The molecule has 1 N–H and O–H groups in total. The molecule has 2 heteroatoms. The topological polar surface area (TPSA) is 29.5 Å². The van der Waals surface area contributed by atoms with E-state index < -0.39 is 0 Å². The van der Waals surface area contributed by atoms with Gasteiger partial charge in [-0.15, -0.1) is 0 Å². The lowest BCUT2D eigenvalue weighted by Crippen LogP contribution is -1.86. The van der Waals surface area contributed by atoms with Gasteiger partial charge in [0.15, 0.2) is 0 Å². The Morgan fingerprint density at radius 2 is 0.778 bits per heavy atom. The van der Waals surface area contributed by atoms with E-state index in [0.717, 1.165) is 12.8 Å². The Morgan fingerprint density at radius 3 is 1.04 bits per heavy atom. The van der Waals surface area contributed by atoms with E-state index in [9.17, 15) is 0 Å². The molecule has 0 atom stereocenters. The van der Waals surface area contributed by atoms with Gasteiger partial charge in [-0.3, -0.25) is 0 Å². The highest BCUT2D eigenvalue weighted by Gasteiger charge is 1.97. The Bertz CT molecular complexity index is 288. The van der Waals surface area contributed by atoms with E-state index in [1.54, 1.807) is 0 Å².